The van der Waals surface area contributed by atoms with E-state index in [0.717, 1.165) is 27.6 Å². The van der Waals surface area contributed by atoms with Gasteiger partial charge < -0.3 is 16.0 Å². The fraction of sp³-hybridized carbons (Fsp3) is 0.350. The zero-order valence-corrected chi connectivity index (χ0v) is 15.0. The summed E-state index contributed by atoms with van der Waals surface area (Å²) in [6.07, 6.45) is 2.42. The zero-order chi connectivity index (χ0) is 17.2. The number of hydrogen-bond donors (Lipinski definition) is 2. The van der Waals surface area contributed by atoms with E-state index >= 15 is 0 Å². The normalized spacial score (nSPS) is 24.9. The Kier molecular flexibility index (Phi) is 4.68. The minimum Gasteiger partial charge on any atom is -0.399 e. The van der Waals surface area contributed by atoms with Crippen LogP contribution in [0.5, 0.6) is 0 Å². The predicted molar refractivity (Wildman–Crippen MR) is 102 cm³/mol. The second kappa shape index (κ2) is 7.10. The van der Waals surface area contributed by atoms with Crippen LogP contribution in [0.15, 0.2) is 58.3 Å². The predicted octanol–water partition coefficient (Wildman–Crippen LogP) is 3.24. The number of amides is 1. The minimum atomic E-state index is 0.0410. The Labute approximate surface area is 152 Å². The lowest BCUT2D eigenvalue weighted by Gasteiger charge is -2.44. The molecule has 130 valence electrons. The molecule has 1 amide bonds. The summed E-state index contributed by atoms with van der Waals surface area (Å²) < 4.78 is 0. The van der Waals surface area contributed by atoms with Crippen molar-refractivity contribution < 1.29 is 4.79 Å². The summed E-state index contributed by atoms with van der Waals surface area (Å²) in [6.45, 7) is 3.37. The molecule has 1 atom stereocenters. The number of nitrogens with zero attached hydrogens (tertiary/aromatic N) is 1. The number of piperidine rings is 3. The van der Waals surface area contributed by atoms with Crippen molar-refractivity contribution in [2.45, 2.75) is 28.7 Å². The highest BCUT2D eigenvalue weighted by Crippen LogP contribution is 2.30. The van der Waals surface area contributed by atoms with Crippen molar-refractivity contribution in [2.75, 3.05) is 25.4 Å². The summed E-state index contributed by atoms with van der Waals surface area (Å²) in [4.78, 5) is 17.2. The SMILES string of the molecule is Nc1cccc(Sc2ccc(C(=O)N[C@H]3CN4CCC3CC4)cc2)c1. The number of carbonyl (C=O) groups is 1. The summed E-state index contributed by atoms with van der Waals surface area (Å²) in [5, 5.41) is 3.24. The maximum Gasteiger partial charge on any atom is 0.251 e. The lowest BCUT2D eigenvalue weighted by atomic mass is 9.84. The molecule has 5 heteroatoms. The van der Waals surface area contributed by atoms with Crippen LogP contribution in [-0.2, 0) is 0 Å². The van der Waals surface area contributed by atoms with Gasteiger partial charge in [0.05, 0.1) is 0 Å². The van der Waals surface area contributed by atoms with Gasteiger partial charge in [-0.3, -0.25) is 4.79 Å². The molecule has 4 nitrogen and oxygen atoms in total. The molecule has 3 N–H and O–H groups in total. The van der Waals surface area contributed by atoms with E-state index in [0.29, 0.717) is 12.0 Å². The van der Waals surface area contributed by atoms with Crippen LogP contribution in [0.25, 0.3) is 0 Å². The van der Waals surface area contributed by atoms with Gasteiger partial charge in [-0.25, -0.2) is 0 Å². The van der Waals surface area contributed by atoms with Gasteiger partial charge in [-0.2, -0.15) is 0 Å². The average Bonchev–Trinajstić information content (AvgIpc) is 2.63. The lowest BCUT2D eigenvalue weighted by Crippen LogP contribution is -2.57. The van der Waals surface area contributed by atoms with Crippen LogP contribution in [0, 0.1) is 5.92 Å². The van der Waals surface area contributed by atoms with Crippen LogP contribution in [0.1, 0.15) is 23.2 Å². The number of carbonyl (C=O) groups excluding carboxylic acids is 1. The maximum absolute atomic E-state index is 12.6. The van der Waals surface area contributed by atoms with Crippen LogP contribution in [-0.4, -0.2) is 36.5 Å². The van der Waals surface area contributed by atoms with Gasteiger partial charge in [0, 0.05) is 33.6 Å². The van der Waals surface area contributed by atoms with E-state index in [1.165, 1.54) is 25.9 Å². The van der Waals surface area contributed by atoms with Gasteiger partial charge in [-0.15, -0.1) is 0 Å². The molecule has 5 rings (SSSR count). The van der Waals surface area contributed by atoms with Gasteiger partial charge in [-0.1, -0.05) is 17.8 Å². The van der Waals surface area contributed by atoms with E-state index in [4.69, 9.17) is 5.73 Å². The molecule has 3 aliphatic heterocycles. The van der Waals surface area contributed by atoms with Crippen molar-refractivity contribution in [1.82, 2.24) is 10.2 Å². The minimum absolute atomic E-state index is 0.0410. The van der Waals surface area contributed by atoms with E-state index in [2.05, 4.69) is 10.2 Å². The van der Waals surface area contributed by atoms with E-state index < -0.39 is 0 Å². The second-order valence-electron chi connectivity index (χ2n) is 6.92. The summed E-state index contributed by atoms with van der Waals surface area (Å²) in [5.41, 5.74) is 7.31. The zero-order valence-electron chi connectivity index (χ0n) is 14.2. The molecule has 25 heavy (non-hydrogen) atoms. The highest BCUT2D eigenvalue weighted by molar-refractivity contribution is 7.99. The van der Waals surface area contributed by atoms with Gasteiger partial charge in [0.1, 0.15) is 0 Å². The Morgan fingerprint density at radius 1 is 1.08 bits per heavy atom. The maximum atomic E-state index is 12.6. The van der Waals surface area contributed by atoms with Crippen molar-refractivity contribution >= 4 is 23.4 Å². The molecule has 0 spiro atoms. The molecule has 2 aromatic carbocycles. The van der Waals surface area contributed by atoms with Gasteiger partial charge in [0.2, 0.25) is 0 Å². The van der Waals surface area contributed by atoms with Gasteiger partial charge in [0.25, 0.3) is 5.91 Å². The molecule has 2 aromatic rings. The van der Waals surface area contributed by atoms with E-state index in [9.17, 15) is 4.79 Å². The largest absolute Gasteiger partial charge is 0.399 e. The molecule has 0 radical (unpaired) electrons. The van der Waals surface area contributed by atoms with Gasteiger partial charge in [0.15, 0.2) is 0 Å². The number of nitrogen functional groups attached to an aromatic ring is 1. The number of anilines is 1. The molecule has 3 saturated heterocycles. The third-order valence-electron chi connectivity index (χ3n) is 5.18. The smallest absolute Gasteiger partial charge is 0.251 e. The van der Waals surface area contributed by atoms with Crippen LogP contribution < -0.4 is 11.1 Å². The number of nitrogens with two attached hydrogens (primary N) is 1. The molecule has 2 bridgehead atoms. The first kappa shape index (κ1) is 16.5. The Morgan fingerprint density at radius 3 is 2.48 bits per heavy atom. The van der Waals surface area contributed by atoms with Crippen molar-refractivity contribution in [2.24, 2.45) is 5.92 Å². The van der Waals surface area contributed by atoms with Crippen LogP contribution in [0.2, 0.25) is 0 Å². The molecule has 3 fully saturated rings. The van der Waals surface area contributed by atoms with Crippen molar-refractivity contribution in [3.05, 3.63) is 54.1 Å². The first-order valence-corrected chi connectivity index (χ1v) is 9.66. The number of hydrogen-bond acceptors (Lipinski definition) is 4. The van der Waals surface area contributed by atoms with E-state index in [1.54, 1.807) is 11.8 Å². The summed E-state index contributed by atoms with van der Waals surface area (Å²) in [5.74, 6) is 0.687. The van der Waals surface area contributed by atoms with Crippen LogP contribution >= 0.6 is 11.8 Å². The highest BCUT2D eigenvalue weighted by atomic mass is 32.2. The van der Waals surface area contributed by atoms with Crippen molar-refractivity contribution in [3.63, 3.8) is 0 Å². The number of fused-ring (bicyclic) bond motifs is 3. The molecule has 0 unspecified atom stereocenters. The molecule has 0 aliphatic carbocycles. The Hall–Kier alpha value is -1.98. The number of nitrogens with one attached hydrogen (secondary N) is 1. The Balaban J connectivity index is 1.39. The van der Waals surface area contributed by atoms with Crippen molar-refractivity contribution in [1.29, 1.82) is 0 Å². The van der Waals surface area contributed by atoms with E-state index in [1.807, 2.05) is 48.5 Å². The monoisotopic (exact) mass is 353 g/mol. The number of benzene rings is 2. The topological polar surface area (TPSA) is 58.4 Å². The van der Waals surface area contributed by atoms with Gasteiger partial charge in [-0.05, 0) is 74.3 Å². The summed E-state index contributed by atoms with van der Waals surface area (Å²) >= 11 is 1.65. The fourth-order valence-electron chi connectivity index (χ4n) is 3.77. The Bertz CT molecular complexity index is 754. The first-order chi connectivity index (χ1) is 12.2. The first-order valence-electron chi connectivity index (χ1n) is 8.84. The quantitative estimate of drug-likeness (QED) is 0.829. The summed E-state index contributed by atoms with van der Waals surface area (Å²) in [7, 11) is 0. The van der Waals surface area contributed by atoms with Gasteiger partial charge >= 0.3 is 0 Å². The molecule has 0 aromatic heterocycles. The van der Waals surface area contributed by atoms with E-state index in [-0.39, 0.29) is 5.91 Å². The lowest BCUT2D eigenvalue weighted by molar-refractivity contribution is 0.0620. The standard InChI is InChI=1S/C20H23N3OS/c21-16-2-1-3-18(12-16)25-17-6-4-15(5-7-17)20(24)22-19-13-23-10-8-14(19)9-11-23/h1-7,12,14,19H,8-11,13,21H2,(H,22,24)/t19-/m0/s1. The fourth-order valence-corrected chi connectivity index (χ4v) is 4.65. The third kappa shape index (κ3) is 3.83. The average molecular weight is 353 g/mol. The molecule has 3 aliphatic rings. The molecular weight excluding hydrogens is 330 g/mol. The summed E-state index contributed by atoms with van der Waals surface area (Å²) in [6, 6.07) is 15.9. The number of rotatable bonds is 4. The second-order valence-corrected chi connectivity index (χ2v) is 8.06. The highest BCUT2D eigenvalue weighted by Gasteiger charge is 2.34. The Morgan fingerprint density at radius 2 is 1.84 bits per heavy atom. The molecule has 3 heterocycles. The third-order valence-corrected chi connectivity index (χ3v) is 6.18. The van der Waals surface area contributed by atoms with Crippen LogP contribution in [0.3, 0.4) is 0 Å². The van der Waals surface area contributed by atoms with Crippen molar-refractivity contribution in [3.8, 4) is 0 Å². The molecule has 0 saturated carbocycles. The molecular formula is C20H23N3OS. The van der Waals surface area contributed by atoms with Crippen LogP contribution in [0.4, 0.5) is 5.69 Å².